The second-order valence-electron chi connectivity index (χ2n) is 4.11. The van der Waals surface area contributed by atoms with Gasteiger partial charge in [0, 0.05) is 0 Å². The molecule has 4 atom stereocenters. The maximum Gasteiger partial charge on any atom is 0.334 e. The maximum absolute atomic E-state index is 11.6. The first-order chi connectivity index (χ1) is 7.72. The van der Waals surface area contributed by atoms with Crippen molar-refractivity contribution >= 4 is 12.4 Å². The molecule has 90 valence electrons. The molecule has 0 bridgehead atoms. The number of ether oxygens (including phenoxy) is 3. The van der Waals surface area contributed by atoms with Crippen LogP contribution in [0.25, 0.3) is 0 Å². The van der Waals surface area contributed by atoms with Crippen molar-refractivity contribution in [2.24, 2.45) is 4.99 Å². The highest BCUT2D eigenvalue weighted by Gasteiger charge is 2.42. The first-order valence-electron chi connectivity index (χ1n) is 5.71. The summed E-state index contributed by atoms with van der Waals surface area (Å²) in [6, 6.07) is -0.560. The Labute approximate surface area is 94.8 Å². The van der Waals surface area contributed by atoms with Crippen LogP contribution in [-0.2, 0) is 19.0 Å². The van der Waals surface area contributed by atoms with Gasteiger partial charge >= 0.3 is 5.97 Å². The Morgan fingerprint density at radius 1 is 1.56 bits per heavy atom. The minimum Gasteiger partial charge on any atom is -0.475 e. The van der Waals surface area contributed by atoms with E-state index in [1.165, 1.54) is 6.40 Å². The molecule has 1 saturated heterocycles. The predicted molar refractivity (Wildman–Crippen MR) is 57.4 cm³/mol. The van der Waals surface area contributed by atoms with E-state index in [1.807, 2.05) is 6.92 Å². The van der Waals surface area contributed by atoms with Crippen LogP contribution in [0.3, 0.4) is 0 Å². The molecule has 0 N–H and O–H groups in total. The van der Waals surface area contributed by atoms with Gasteiger partial charge in [-0.2, -0.15) is 0 Å². The molecule has 0 saturated carbocycles. The Hall–Kier alpha value is -1.10. The summed E-state index contributed by atoms with van der Waals surface area (Å²) in [6.07, 6.45) is 3.11. The molecule has 2 rings (SSSR count). The molecular weight excluding hydrogens is 210 g/mol. The van der Waals surface area contributed by atoms with Gasteiger partial charge in [-0.15, -0.1) is 0 Å². The van der Waals surface area contributed by atoms with Gasteiger partial charge < -0.3 is 14.2 Å². The van der Waals surface area contributed by atoms with Gasteiger partial charge in [0.05, 0.1) is 18.8 Å². The summed E-state index contributed by atoms with van der Waals surface area (Å²) in [7, 11) is 0. The van der Waals surface area contributed by atoms with Crippen molar-refractivity contribution in [1.82, 2.24) is 0 Å². The lowest BCUT2D eigenvalue weighted by Gasteiger charge is -2.21. The van der Waals surface area contributed by atoms with Gasteiger partial charge in [0.25, 0.3) is 0 Å². The van der Waals surface area contributed by atoms with E-state index in [0.29, 0.717) is 6.61 Å². The van der Waals surface area contributed by atoms with Crippen LogP contribution in [0, 0.1) is 0 Å². The lowest BCUT2D eigenvalue weighted by molar-refractivity contribution is -0.148. The number of aliphatic imine (C=N–C) groups is 1. The molecule has 0 aromatic rings. The molecule has 2 heterocycles. The molecule has 0 aliphatic carbocycles. The lowest BCUT2D eigenvalue weighted by atomic mass is 10.0. The standard InChI is InChI=1S/C11H17NO4/c1-3-14-11(13)9-10(15-6-12-9)8-5-4-7(2)16-8/h6-10H,3-5H2,1-2H3. The zero-order valence-electron chi connectivity index (χ0n) is 9.59. The van der Waals surface area contributed by atoms with E-state index >= 15 is 0 Å². The first kappa shape index (κ1) is 11.4. The van der Waals surface area contributed by atoms with Crippen LogP contribution >= 0.6 is 0 Å². The smallest absolute Gasteiger partial charge is 0.334 e. The normalized spacial score (nSPS) is 37.4. The average molecular weight is 227 g/mol. The molecule has 5 heteroatoms. The van der Waals surface area contributed by atoms with E-state index in [0.717, 1.165) is 12.8 Å². The number of esters is 1. The second-order valence-corrected chi connectivity index (χ2v) is 4.11. The third-order valence-corrected chi connectivity index (χ3v) is 2.91. The van der Waals surface area contributed by atoms with Crippen molar-refractivity contribution in [3.63, 3.8) is 0 Å². The van der Waals surface area contributed by atoms with Crippen molar-refractivity contribution in [2.45, 2.75) is 51.0 Å². The van der Waals surface area contributed by atoms with E-state index in [1.54, 1.807) is 6.92 Å². The highest BCUT2D eigenvalue weighted by Crippen LogP contribution is 2.28. The monoisotopic (exact) mass is 227 g/mol. The molecule has 4 unspecified atom stereocenters. The number of rotatable bonds is 3. The van der Waals surface area contributed by atoms with E-state index in [2.05, 4.69) is 4.99 Å². The van der Waals surface area contributed by atoms with Crippen LogP contribution < -0.4 is 0 Å². The van der Waals surface area contributed by atoms with Gasteiger partial charge in [-0.3, -0.25) is 0 Å². The van der Waals surface area contributed by atoms with Crippen molar-refractivity contribution in [3.8, 4) is 0 Å². The summed E-state index contributed by atoms with van der Waals surface area (Å²) < 4.78 is 16.0. The van der Waals surface area contributed by atoms with E-state index < -0.39 is 6.04 Å². The molecule has 0 aromatic heterocycles. The summed E-state index contributed by atoms with van der Waals surface area (Å²) >= 11 is 0. The number of hydrogen-bond donors (Lipinski definition) is 0. The summed E-state index contributed by atoms with van der Waals surface area (Å²) in [5.41, 5.74) is 0. The summed E-state index contributed by atoms with van der Waals surface area (Å²) in [5.74, 6) is -0.329. The fraction of sp³-hybridized carbons (Fsp3) is 0.818. The molecule has 1 fully saturated rings. The van der Waals surface area contributed by atoms with Crippen LogP contribution in [0.5, 0.6) is 0 Å². The van der Waals surface area contributed by atoms with Crippen LogP contribution in [0.2, 0.25) is 0 Å². The summed E-state index contributed by atoms with van der Waals surface area (Å²) in [6.45, 7) is 4.16. The van der Waals surface area contributed by atoms with Crippen molar-refractivity contribution < 1.29 is 19.0 Å². The minimum atomic E-state index is -0.560. The SMILES string of the molecule is CCOC(=O)C1N=COC1C1CCC(C)O1. The molecule has 5 nitrogen and oxygen atoms in total. The van der Waals surface area contributed by atoms with E-state index in [4.69, 9.17) is 14.2 Å². The van der Waals surface area contributed by atoms with E-state index in [-0.39, 0.29) is 24.3 Å². The predicted octanol–water partition coefficient (Wildman–Crippen LogP) is 0.913. The van der Waals surface area contributed by atoms with E-state index in [9.17, 15) is 4.79 Å². The van der Waals surface area contributed by atoms with Crippen LogP contribution in [0.4, 0.5) is 0 Å². The summed E-state index contributed by atoms with van der Waals surface area (Å²) in [5, 5.41) is 0. The highest BCUT2D eigenvalue weighted by atomic mass is 16.6. The zero-order chi connectivity index (χ0) is 11.5. The zero-order valence-corrected chi connectivity index (χ0v) is 9.59. The van der Waals surface area contributed by atoms with Crippen LogP contribution in [0.1, 0.15) is 26.7 Å². The Balaban J connectivity index is 1.97. The van der Waals surface area contributed by atoms with Gasteiger partial charge in [-0.25, -0.2) is 9.79 Å². The number of carbonyl (C=O) groups is 1. The quantitative estimate of drug-likeness (QED) is 0.672. The minimum absolute atomic E-state index is 0.0492. The molecule has 2 aliphatic heterocycles. The number of carbonyl (C=O) groups excluding carboxylic acids is 1. The van der Waals surface area contributed by atoms with Gasteiger partial charge in [0.2, 0.25) is 0 Å². The molecule has 16 heavy (non-hydrogen) atoms. The average Bonchev–Trinajstić information content (AvgIpc) is 2.85. The topological polar surface area (TPSA) is 57.1 Å². The number of nitrogens with zero attached hydrogens (tertiary/aromatic N) is 1. The molecular formula is C11H17NO4. The molecule has 0 amide bonds. The van der Waals surface area contributed by atoms with Crippen molar-refractivity contribution in [1.29, 1.82) is 0 Å². The highest BCUT2D eigenvalue weighted by molar-refractivity contribution is 5.80. The summed E-state index contributed by atoms with van der Waals surface area (Å²) in [4.78, 5) is 15.6. The molecule has 2 aliphatic rings. The van der Waals surface area contributed by atoms with Gasteiger partial charge in [-0.05, 0) is 26.7 Å². The lowest BCUT2D eigenvalue weighted by Crippen LogP contribution is -2.40. The largest absolute Gasteiger partial charge is 0.475 e. The fourth-order valence-corrected chi connectivity index (χ4v) is 2.12. The fourth-order valence-electron chi connectivity index (χ4n) is 2.12. The Bertz CT molecular complexity index is 292. The van der Waals surface area contributed by atoms with Crippen LogP contribution in [-0.4, -0.2) is 43.3 Å². The third-order valence-electron chi connectivity index (χ3n) is 2.91. The molecule has 0 radical (unpaired) electrons. The van der Waals surface area contributed by atoms with Gasteiger partial charge in [-0.1, -0.05) is 0 Å². The molecule has 0 spiro atoms. The Kier molecular flexibility index (Phi) is 3.43. The van der Waals surface area contributed by atoms with Crippen LogP contribution in [0.15, 0.2) is 4.99 Å². The van der Waals surface area contributed by atoms with Gasteiger partial charge in [0.15, 0.2) is 18.5 Å². The van der Waals surface area contributed by atoms with Crippen molar-refractivity contribution in [2.75, 3.05) is 6.61 Å². The Morgan fingerprint density at radius 3 is 3.00 bits per heavy atom. The maximum atomic E-state index is 11.6. The molecule has 0 aromatic carbocycles. The first-order valence-corrected chi connectivity index (χ1v) is 5.71. The number of hydrogen-bond acceptors (Lipinski definition) is 5. The third kappa shape index (κ3) is 2.19. The van der Waals surface area contributed by atoms with Gasteiger partial charge in [0.1, 0.15) is 0 Å². The van der Waals surface area contributed by atoms with Crippen molar-refractivity contribution in [3.05, 3.63) is 0 Å². The second kappa shape index (κ2) is 4.82. The Morgan fingerprint density at radius 2 is 2.38 bits per heavy atom.